The monoisotopic (exact) mass is 2060 g/mol. The molecule has 8 aromatic heterocycles. The standard InChI is InChI=1S/C38H37N9O8.3C15H10N.C11H8N.Gd.2Ir/c48-30(43-28-17-24-5-1-9-39-35(24)37-26(28)7-3-11-41-37)19-46(22-33(52)53)15-13-45(21-32(50)51)14-16-47(23-34(54)55)20-31(49)44-29-18-25-6-2-10-40-36(25)38-27(29)8-4-12-42-38;3*1-2-6-12(7-3-1)15-11-10-13-8-4-5-9-14(13)16-15;1-2-6-10(7-3-1)11-8-4-5-9-12-11;;;/h1-12,17-18H,13-16,19-23H2,(H,43,48)(H,44,49)(H,50,51)(H,52,53)(H,54,55);3*1-6,8-11H;1-6,8-9H;;;/q;4*-1;+3;;. The zero-order chi connectivity index (χ0) is 79.5. The summed E-state index contributed by atoms with van der Waals surface area (Å²) in [5.41, 5.74) is 14.6. The molecule has 0 aliphatic rings. The van der Waals surface area contributed by atoms with Gasteiger partial charge in [0, 0.05) is 119 Å². The van der Waals surface area contributed by atoms with Crippen LogP contribution in [0.3, 0.4) is 0 Å². The van der Waals surface area contributed by atoms with Crippen LogP contribution in [0.1, 0.15) is 0 Å². The van der Waals surface area contributed by atoms with Gasteiger partial charge >= 0.3 is 57.8 Å². The number of carbonyl (C=O) groups excluding carboxylic acids is 2. The average Bonchev–Trinajstić information content (AvgIpc) is 0.778. The van der Waals surface area contributed by atoms with Crippen LogP contribution in [0.15, 0.2) is 316 Å². The van der Waals surface area contributed by atoms with E-state index < -0.39 is 49.4 Å². The number of carboxylic acid groups (broad SMARTS) is 3. The zero-order valence-electron chi connectivity index (χ0n) is 63.2. The number of para-hydroxylation sites is 3. The molecule has 9 aromatic carbocycles. The van der Waals surface area contributed by atoms with E-state index in [2.05, 4.69) is 111 Å². The summed E-state index contributed by atoms with van der Waals surface area (Å²) in [6.07, 6.45) is 8.34. The summed E-state index contributed by atoms with van der Waals surface area (Å²) in [5.74, 6) is -4.53. The van der Waals surface area contributed by atoms with Gasteiger partial charge in [0.15, 0.2) is 0 Å². The molecule has 0 aliphatic heterocycles. The molecule has 3 radical (unpaired) electrons. The number of rotatable bonds is 22. The number of hydrogen-bond donors (Lipinski definition) is 5. The van der Waals surface area contributed by atoms with Crippen molar-refractivity contribution >= 4 is 117 Å². The normalized spacial score (nSPS) is 10.6. The second-order valence-corrected chi connectivity index (χ2v) is 26.3. The van der Waals surface area contributed by atoms with E-state index in [9.17, 15) is 39.3 Å². The average molecular weight is 2060 g/mol. The van der Waals surface area contributed by atoms with Crippen LogP contribution in [0.2, 0.25) is 0 Å². The minimum atomic E-state index is -1.19. The molecule has 8 heterocycles. The van der Waals surface area contributed by atoms with Gasteiger partial charge in [0.2, 0.25) is 11.8 Å². The third-order valence-electron chi connectivity index (χ3n) is 18.1. The molecule has 0 unspecified atom stereocenters. The van der Waals surface area contributed by atoms with E-state index >= 15 is 0 Å². The third kappa shape index (κ3) is 24.9. The molecular formula is C94H75GdIr2N13O8-. The fourth-order valence-corrected chi connectivity index (χ4v) is 12.8. The summed E-state index contributed by atoms with van der Waals surface area (Å²) >= 11 is 0. The van der Waals surface area contributed by atoms with Crippen LogP contribution in [0.5, 0.6) is 0 Å². The Labute approximate surface area is 739 Å². The maximum atomic E-state index is 13.3. The number of benzene rings is 9. The Kier molecular flexibility index (Phi) is 33.5. The van der Waals surface area contributed by atoms with Gasteiger partial charge in [0.05, 0.1) is 82.7 Å². The number of nitrogens with zero attached hydrogens (tertiary/aromatic N) is 11. The molecule has 0 saturated heterocycles. The molecule has 21 nitrogen and oxygen atoms in total. The molecule has 591 valence electrons. The number of hydrogen-bond acceptors (Lipinski definition) is 16. The van der Waals surface area contributed by atoms with Crippen LogP contribution in [0, 0.1) is 64.2 Å². The summed E-state index contributed by atoms with van der Waals surface area (Å²) in [4.78, 5) is 102. The first-order chi connectivity index (χ1) is 56.3. The van der Waals surface area contributed by atoms with Crippen LogP contribution in [-0.2, 0) is 64.2 Å². The van der Waals surface area contributed by atoms with Crippen LogP contribution >= 0.6 is 0 Å². The van der Waals surface area contributed by atoms with Crippen LogP contribution in [0.4, 0.5) is 11.4 Å². The fourth-order valence-electron chi connectivity index (χ4n) is 12.8. The van der Waals surface area contributed by atoms with Crippen LogP contribution in [-0.4, -0.2) is 159 Å². The van der Waals surface area contributed by atoms with Crippen LogP contribution in [0.25, 0.3) is 121 Å². The Morgan fingerprint density at radius 2 is 0.602 bits per heavy atom. The van der Waals surface area contributed by atoms with Gasteiger partial charge in [-0.1, -0.05) is 115 Å². The first-order valence-corrected chi connectivity index (χ1v) is 36.8. The van der Waals surface area contributed by atoms with Gasteiger partial charge < -0.3 is 30.9 Å². The van der Waals surface area contributed by atoms with Crippen molar-refractivity contribution in [3.05, 3.63) is 340 Å². The van der Waals surface area contributed by atoms with E-state index in [1.54, 1.807) is 79.5 Å². The Morgan fingerprint density at radius 1 is 0.297 bits per heavy atom. The molecule has 17 aromatic rings. The quantitative estimate of drug-likeness (QED) is 0.0311. The van der Waals surface area contributed by atoms with E-state index in [1.807, 2.05) is 200 Å². The Bertz CT molecular complexity index is 5730. The molecule has 2 amide bonds. The number of aliphatic carboxylic acids is 3. The molecule has 5 N–H and O–H groups in total. The van der Waals surface area contributed by atoms with Crippen molar-refractivity contribution < 1.29 is 119 Å². The number of amides is 2. The smallest absolute Gasteiger partial charge is 0.480 e. The molecular weight excluding hydrogens is 1980 g/mol. The molecule has 24 heteroatoms. The van der Waals surface area contributed by atoms with E-state index in [-0.39, 0.29) is 119 Å². The molecule has 0 bridgehead atoms. The second kappa shape index (κ2) is 44.8. The maximum absolute atomic E-state index is 13.3. The van der Waals surface area contributed by atoms with Gasteiger partial charge in [0.25, 0.3) is 0 Å². The van der Waals surface area contributed by atoms with Crippen molar-refractivity contribution in [2.45, 2.75) is 0 Å². The number of pyridine rings is 8. The summed E-state index contributed by atoms with van der Waals surface area (Å²) in [6, 6.07) is 105. The first-order valence-electron chi connectivity index (χ1n) is 36.8. The molecule has 0 aliphatic carbocycles. The number of fused-ring (bicyclic) bond motifs is 9. The molecule has 0 atom stereocenters. The van der Waals surface area contributed by atoms with Gasteiger partial charge in [-0.15, -0.1) is 144 Å². The number of anilines is 2. The summed E-state index contributed by atoms with van der Waals surface area (Å²) in [6.45, 7) is -2.05. The van der Waals surface area contributed by atoms with Crippen molar-refractivity contribution in [1.29, 1.82) is 0 Å². The van der Waals surface area contributed by atoms with Gasteiger partial charge in [0.1, 0.15) is 0 Å². The maximum Gasteiger partial charge on any atom is 3.00 e. The Morgan fingerprint density at radius 3 is 0.949 bits per heavy atom. The number of carbonyl (C=O) groups is 5. The van der Waals surface area contributed by atoms with Crippen molar-refractivity contribution in [3.8, 4) is 45.0 Å². The first kappa shape index (κ1) is 88.2. The minimum Gasteiger partial charge on any atom is -0.480 e. The van der Waals surface area contributed by atoms with Gasteiger partial charge in [-0.25, -0.2) is 0 Å². The van der Waals surface area contributed by atoms with Crippen molar-refractivity contribution in [1.82, 2.24) is 54.6 Å². The molecule has 17 rings (SSSR count). The third-order valence-corrected chi connectivity index (χ3v) is 18.1. The van der Waals surface area contributed by atoms with Gasteiger partial charge in [-0.3, -0.25) is 73.6 Å². The Balaban J connectivity index is 0.000000185. The van der Waals surface area contributed by atoms with Crippen molar-refractivity contribution in [2.75, 3.05) is 69.5 Å². The van der Waals surface area contributed by atoms with Gasteiger partial charge in [-0.05, 0) is 112 Å². The molecule has 0 fully saturated rings. The largest absolute Gasteiger partial charge is 3.00 e. The summed E-state index contributed by atoms with van der Waals surface area (Å²) in [7, 11) is 0. The van der Waals surface area contributed by atoms with Crippen molar-refractivity contribution in [3.63, 3.8) is 0 Å². The molecule has 0 spiro atoms. The van der Waals surface area contributed by atoms with E-state index in [0.29, 0.717) is 44.2 Å². The molecule has 0 saturated carbocycles. The van der Waals surface area contributed by atoms with E-state index in [1.165, 1.54) is 30.9 Å². The number of aromatic nitrogens is 8. The fraction of sp³-hybridized carbons (Fsp3) is 0.0957. The minimum absolute atomic E-state index is 0. The number of carboxylic acids is 3. The summed E-state index contributed by atoms with van der Waals surface area (Å²) < 4.78 is 0. The Hall–Kier alpha value is -12.1. The zero-order valence-corrected chi connectivity index (χ0v) is 70.3. The van der Waals surface area contributed by atoms with Crippen LogP contribution < -0.4 is 10.6 Å². The summed E-state index contributed by atoms with van der Waals surface area (Å²) in [5, 5.41) is 40.9. The predicted octanol–water partition coefficient (Wildman–Crippen LogP) is 16.3. The van der Waals surface area contributed by atoms with E-state index in [0.717, 1.165) is 72.4 Å². The second-order valence-electron chi connectivity index (χ2n) is 26.3. The number of nitrogens with one attached hydrogen (secondary N) is 2. The SMILES string of the molecule is O=C(O)CN(CCN(CC(=O)O)CC(=O)Nc1cc2cccnc2c2ncccc12)CCN(CC(=O)O)CC(=O)Nc1cc2cccnc2c2ncccc12.[Gd+3].[Ir].[Ir].[c-]1ccccc1-c1ccc2ccccc2n1.[c-]1ccccc1-c1ccc2ccccc2n1.[c-]1ccccc1-c1ccc2ccccc2n1.[c-]1ccccc1-c1ccccn1. The van der Waals surface area contributed by atoms with Gasteiger partial charge in [-0.2, -0.15) is 0 Å². The predicted molar refractivity (Wildman–Crippen MR) is 450 cm³/mol. The van der Waals surface area contributed by atoms with Crippen molar-refractivity contribution in [2.24, 2.45) is 0 Å². The topological polar surface area (TPSA) is 283 Å². The van der Waals surface area contributed by atoms with E-state index in [4.69, 9.17) is 0 Å². The molecule has 118 heavy (non-hydrogen) atoms.